The highest BCUT2D eigenvalue weighted by Gasteiger charge is 1.96. The number of hydroxylamine groups is 1. The van der Waals surface area contributed by atoms with Gasteiger partial charge in [-0.3, -0.25) is 9.63 Å². The summed E-state index contributed by atoms with van der Waals surface area (Å²) in [6.07, 6.45) is 3.19. The summed E-state index contributed by atoms with van der Waals surface area (Å²) in [5, 5.41) is 0. The molecule has 92 valence electrons. The Kier molecular flexibility index (Phi) is 5.99. The first-order valence-corrected chi connectivity index (χ1v) is 5.38. The van der Waals surface area contributed by atoms with Crippen molar-refractivity contribution in [3.63, 3.8) is 0 Å². The van der Waals surface area contributed by atoms with Crippen molar-refractivity contribution in [1.82, 2.24) is 5.48 Å². The summed E-state index contributed by atoms with van der Waals surface area (Å²) in [7, 11) is 1.57. The van der Waals surface area contributed by atoms with Crippen LogP contribution in [0.1, 0.15) is 11.1 Å². The highest BCUT2D eigenvalue weighted by molar-refractivity contribution is 5.91. The molecule has 0 bridgehead atoms. The molecule has 0 spiro atoms. The third-order valence-corrected chi connectivity index (χ3v) is 2.17. The van der Waals surface area contributed by atoms with Crippen LogP contribution in [-0.4, -0.2) is 26.2 Å². The Labute approximate surface area is 101 Å². The maximum Gasteiger partial charge on any atom is 0.267 e. The zero-order valence-electron chi connectivity index (χ0n) is 10.1. The van der Waals surface area contributed by atoms with Crippen LogP contribution in [0.5, 0.6) is 0 Å². The van der Waals surface area contributed by atoms with Crippen molar-refractivity contribution in [1.29, 1.82) is 0 Å². The van der Waals surface area contributed by atoms with Crippen LogP contribution in [0.3, 0.4) is 0 Å². The van der Waals surface area contributed by atoms with E-state index >= 15 is 0 Å². The van der Waals surface area contributed by atoms with Gasteiger partial charge in [-0.15, -0.1) is 0 Å². The van der Waals surface area contributed by atoms with Crippen LogP contribution in [0.4, 0.5) is 0 Å². The Morgan fingerprint density at radius 2 is 2.12 bits per heavy atom. The molecule has 0 aliphatic rings. The van der Waals surface area contributed by atoms with Crippen LogP contribution >= 0.6 is 0 Å². The smallest absolute Gasteiger partial charge is 0.267 e. The van der Waals surface area contributed by atoms with Crippen molar-refractivity contribution in [2.24, 2.45) is 0 Å². The fourth-order valence-corrected chi connectivity index (χ4v) is 1.22. The van der Waals surface area contributed by atoms with Crippen molar-refractivity contribution < 1.29 is 14.4 Å². The SMILES string of the molecule is COCCONC(=O)/C=C/c1ccccc1C. The first-order chi connectivity index (χ1) is 8.24. The highest BCUT2D eigenvalue weighted by Crippen LogP contribution is 2.08. The molecule has 1 rings (SSSR count). The van der Waals surface area contributed by atoms with Gasteiger partial charge in [-0.1, -0.05) is 24.3 Å². The number of aryl methyl sites for hydroxylation is 1. The van der Waals surface area contributed by atoms with E-state index in [1.165, 1.54) is 6.08 Å². The minimum Gasteiger partial charge on any atom is -0.382 e. The third-order valence-electron chi connectivity index (χ3n) is 2.17. The number of rotatable bonds is 6. The Morgan fingerprint density at radius 3 is 2.82 bits per heavy atom. The monoisotopic (exact) mass is 235 g/mol. The summed E-state index contributed by atoms with van der Waals surface area (Å²) in [6, 6.07) is 7.83. The molecule has 0 saturated heterocycles. The van der Waals surface area contributed by atoms with E-state index in [9.17, 15) is 4.79 Å². The second kappa shape index (κ2) is 7.60. The van der Waals surface area contributed by atoms with Gasteiger partial charge < -0.3 is 4.74 Å². The number of ether oxygens (including phenoxy) is 1. The number of hydrogen-bond acceptors (Lipinski definition) is 3. The number of amides is 1. The maximum absolute atomic E-state index is 11.3. The van der Waals surface area contributed by atoms with Crippen molar-refractivity contribution in [3.05, 3.63) is 41.5 Å². The lowest BCUT2D eigenvalue weighted by molar-refractivity contribution is -0.129. The molecule has 0 atom stereocenters. The minimum atomic E-state index is -0.288. The summed E-state index contributed by atoms with van der Waals surface area (Å²) in [4.78, 5) is 16.2. The van der Waals surface area contributed by atoms with Gasteiger partial charge in [0.2, 0.25) is 0 Å². The van der Waals surface area contributed by atoms with Crippen LogP contribution < -0.4 is 5.48 Å². The molecule has 0 heterocycles. The lowest BCUT2D eigenvalue weighted by Gasteiger charge is -2.02. The fourth-order valence-electron chi connectivity index (χ4n) is 1.22. The second-order valence-corrected chi connectivity index (χ2v) is 3.50. The average molecular weight is 235 g/mol. The molecular formula is C13H17NO3. The predicted octanol–water partition coefficient (Wildman–Crippen LogP) is 1.70. The summed E-state index contributed by atoms with van der Waals surface area (Å²) in [5.41, 5.74) is 4.44. The Morgan fingerprint density at radius 1 is 1.35 bits per heavy atom. The molecule has 1 amide bonds. The molecule has 0 aromatic heterocycles. The standard InChI is InChI=1S/C13H17NO3/c1-11-5-3-4-6-12(11)7-8-13(15)14-17-10-9-16-2/h3-8H,9-10H2,1-2H3,(H,14,15)/b8-7+. The molecule has 0 aliphatic carbocycles. The van der Waals surface area contributed by atoms with Gasteiger partial charge in [-0.25, -0.2) is 5.48 Å². The van der Waals surface area contributed by atoms with Crippen LogP contribution in [0.25, 0.3) is 6.08 Å². The first-order valence-electron chi connectivity index (χ1n) is 5.38. The quantitative estimate of drug-likeness (QED) is 0.464. The molecule has 1 aromatic carbocycles. The van der Waals surface area contributed by atoms with E-state index in [1.54, 1.807) is 13.2 Å². The van der Waals surface area contributed by atoms with E-state index in [2.05, 4.69) is 5.48 Å². The van der Waals surface area contributed by atoms with E-state index in [1.807, 2.05) is 31.2 Å². The topological polar surface area (TPSA) is 47.6 Å². The Bertz CT molecular complexity index is 388. The summed E-state index contributed by atoms with van der Waals surface area (Å²) in [5.74, 6) is -0.288. The summed E-state index contributed by atoms with van der Waals surface area (Å²) < 4.78 is 4.77. The van der Waals surface area contributed by atoms with Crippen molar-refractivity contribution in [3.8, 4) is 0 Å². The van der Waals surface area contributed by atoms with E-state index in [0.29, 0.717) is 13.2 Å². The van der Waals surface area contributed by atoms with Gasteiger partial charge in [0.15, 0.2) is 0 Å². The van der Waals surface area contributed by atoms with E-state index in [0.717, 1.165) is 11.1 Å². The fraction of sp³-hybridized carbons (Fsp3) is 0.308. The maximum atomic E-state index is 11.3. The van der Waals surface area contributed by atoms with E-state index in [-0.39, 0.29) is 5.91 Å². The number of carbonyl (C=O) groups is 1. The molecule has 4 nitrogen and oxygen atoms in total. The molecule has 1 N–H and O–H groups in total. The average Bonchev–Trinajstić information content (AvgIpc) is 2.34. The van der Waals surface area contributed by atoms with Crippen molar-refractivity contribution in [2.75, 3.05) is 20.3 Å². The zero-order chi connectivity index (χ0) is 12.5. The molecule has 0 fully saturated rings. The van der Waals surface area contributed by atoms with Gasteiger partial charge >= 0.3 is 0 Å². The lowest BCUT2D eigenvalue weighted by atomic mass is 10.1. The number of benzene rings is 1. The molecule has 0 unspecified atom stereocenters. The summed E-state index contributed by atoms with van der Waals surface area (Å²) >= 11 is 0. The predicted molar refractivity (Wildman–Crippen MR) is 66.2 cm³/mol. The van der Waals surface area contributed by atoms with Gasteiger partial charge in [-0.2, -0.15) is 0 Å². The number of methoxy groups -OCH3 is 1. The number of nitrogens with one attached hydrogen (secondary N) is 1. The molecule has 17 heavy (non-hydrogen) atoms. The second-order valence-electron chi connectivity index (χ2n) is 3.50. The van der Waals surface area contributed by atoms with Crippen molar-refractivity contribution in [2.45, 2.75) is 6.92 Å². The zero-order valence-corrected chi connectivity index (χ0v) is 10.1. The Balaban J connectivity index is 2.38. The van der Waals surface area contributed by atoms with Crippen molar-refractivity contribution >= 4 is 12.0 Å². The van der Waals surface area contributed by atoms with Crippen LogP contribution in [0.15, 0.2) is 30.3 Å². The highest BCUT2D eigenvalue weighted by atomic mass is 16.7. The first kappa shape index (κ1) is 13.4. The third kappa shape index (κ3) is 5.29. The molecule has 0 saturated carbocycles. The van der Waals surface area contributed by atoms with Crippen LogP contribution in [-0.2, 0) is 14.4 Å². The largest absolute Gasteiger partial charge is 0.382 e. The lowest BCUT2D eigenvalue weighted by Crippen LogP contribution is -2.23. The normalized spacial score (nSPS) is 10.7. The molecule has 4 heteroatoms. The van der Waals surface area contributed by atoms with Gasteiger partial charge in [-0.05, 0) is 24.1 Å². The molecule has 0 radical (unpaired) electrons. The van der Waals surface area contributed by atoms with E-state index in [4.69, 9.17) is 9.57 Å². The molecule has 1 aromatic rings. The minimum absolute atomic E-state index is 0.288. The Hall–Kier alpha value is -1.65. The van der Waals surface area contributed by atoms with Gasteiger partial charge in [0.05, 0.1) is 13.2 Å². The number of hydrogen-bond donors (Lipinski definition) is 1. The molecular weight excluding hydrogens is 218 g/mol. The van der Waals surface area contributed by atoms with Gasteiger partial charge in [0.25, 0.3) is 5.91 Å². The van der Waals surface area contributed by atoms with Crippen LogP contribution in [0, 0.1) is 6.92 Å². The number of carbonyl (C=O) groups excluding carboxylic acids is 1. The summed E-state index contributed by atoms with van der Waals surface area (Å²) in [6.45, 7) is 2.77. The van der Waals surface area contributed by atoms with Crippen LogP contribution in [0.2, 0.25) is 0 Å². The van der Waals surface area contributed by atoms with E-state index < -0.39 is 0 Å². The van der Waals surface area contributed by atoms with Gasteiger partial charge in [0, 0.05) is 13.2 Å². The molecule has 0 aliphatic heterocycles. The van der Waals surface area contributed by atoms with Gasteiger partial charge in [0.1, 0.15) is 0 Å².